The Kier molecular flexibility index (Phi) is 4.50. The van der Waals surface area contributed by atoms with Crippen molar-refractivity contribution in [2.75, 3.05) is 5.75 Å². The van der Waals surface area contributed by atoms with Gasteiger partial charge in [-0.05, 0) is 18.6 Å². The van der Waals surface area contributed by atoms with Crippen molar-refractivity contribution in [3.8, 4) is 0 Å². The van der Waals surface area contributed by atoms with Crippen molar-refractivity contribution in [3.63, 3.8) is 0 Å². The van der Waals surface area contributed by atoms with Crippen LogP contribution in [0.2, 0.25) is 0 Å². The second kappa shape index (κ2) is 5.36. The second-order valence-corrected chi connectivity index (χ2v) is 7.20. The molecule has 0 amide bonds. The van der Waals surface area contributed by atoms with Gasteiger partial charge in [0, 0.05) is 11.3 Å². The van der Waals surface area contributed by atoms with Crippen molar-refractivity contribution in [2.24, 2.45) is 0 Å². The van der Waals surface area contributed by atoms with Gasteiger partial charge in [-0.25, -0.2) is 12.8 Å². The molecule has 1 atom stereocenters. The van der Waals surface area contributed by atoms with Crippen LogP contribution in [0, 0.1) is 5.82 Å². The zero-order valence-electron chi connectivity index (χ0n) is 10.1. The van der Waals surface area contributed by atoms with Crippen LogP contribution in [-0.2, 0) is 9.84 Å². The number of benzene rings is 1. The molecule has 0 bridgehead atoms. The van der Waals surface area contributed by atoms with E-state index in [2.05, 4.69) is 0 Å². The average molecular weight is 293 g/mol. The molecular formula is C12H14ClFO3S. The Hall–Kier alpha value is -0.940. The van der Waals surface area contributed by atoms with E-state index in [9.17, 15) is 17.6 Å². The van der Waals surface area contributed by atoms with Gasteiger partial charge in [0.15, 0.2) is 15.6 Å². The lowest BCUT2D eigenvalue weighted by Crippen LogP contribution is -2.41. The van der Waals surface area contributed by atoms with E-state index < -0.39 is 25.6 Å². The predicted octanol–water partition coefficient (Wildman–Crippen LogP) is 2.79. The first kappa shape index (κ1) is 15.1. The fourth-order valence-electron chi connectivity index (χ4n) is 1.60. The van der Waals surface area contributed by atoms with E-state index in [4.69, 9.17) is 11.6 Å². The molecule has 1 aromatic rings. The maximum atomic E-state index is 13.1. The summed E-state index contributed by atoms with van der Waals surface area (Å²) in [6.07, 6.45) is -0.0694. The van der Waals surface area contributed by atoms with Gasteiger partial charge in [0.2, 0.25) is 4.21 Å². The molecule has 1 rings (SSSR count). The number of ketones is 1. The number of carbonyl (C=O) groups is 1. The van der Waals surface area contributed by atoms with Crippen LogP contribution in [-0.4, -0.2) is 24.2 Å². The van der Waals surface area contributed by atoms with Crippen LogP contribution in [0.5, 0.6) is 0 Å². The van der Waals surface area contributed by atoms with Gasteiger partial charge >= 0.3 is 0 Å². The van der Waals surface area contributed by atoms with E-state index >= 15 is 0 Å². The molecule has 1 aromatic carbocycles. The van der Waals surface area contributed by atoms with Crippen molar-refractivity contribution in [1.82, 2.24) is 0 Å². The Morgan fingerprint density at radius 3 is 2.44 bits per heavy atom. The van der Waals surface area contributed by atoms with Crippen LogP contribution in [0.3, 0.4) is 0 Å². The summed E-state index contributed by atoms with van der Waals surface area (Å²) < 4.78 is 34.8. The highest BCUT2D eigenvalue weighted by molar-refractivity contribution is 7.95. The zero-order chi connectivity index (χ0) is 14.0. The molecule has 0 aliphatic heterocycles. The number of hydrogen-bond donors (Lipinski definition) is 0. The molecule has 0 fully saturated rings. The highest BCUT2D eigenvalue weighted by Gasteiger charge is 2.46. The molecule has 3 nitrogen and oxygen atoms in total. The van der Waals surface area contributed by atoms with E-state index in [1.54, 1.807) is 0 Å². The summed E-state index contributed by atoms with van der Waals surface area (Å²) in [6.45, 7) is 2.93. The van der Waals surface area contributed by atoms with Crippen LogP contribution in [0.15, 0.2) is 24.3 Å². The Bertz CT molecular complexity index is 556. The minimum absolute atomic E-state index is 0.0381. The van der Waals surface area contributed by atoms with Gasteiger partial charge in [-0.3, -0.25) is 4.79 Å². The third-order valence-electron chi connectivity index (χ3n) is 2.75. The highest BCUT2D eigenvalue weighted by atomic mass is 35.5. The van der Waals surface area contributed by atoms with Crippen molar-refractivity contribution in [2.45, 2.75) is 24.5 Å². The minimum atomic E-state index is -3.78. The molecule has 0 heterocycles. The van der Waals surface area contributed by atoms with Crippen molar-refractivity contribution in [1.29, 1.82) is 0 Å². The molecule has 0 saturated carbocycles. The summed E-state index contributed by atoms with van der Waals surface area (Å²) in [5.74, 6) is -1.64. The number of alkyl halides is 1. The van der Waals surface area contributed by atoms with Gasteiger partial charge in [-0.15, -0.1) is 0 Å². The van der Waals surface area contributed by atoms with Crippen molar-refractivity contribution < 1.29 is 17.6 Å². The molecule has 6 heteroatoms. The fourth-order valence-corrected chi connectivity index (χ4v) is 3.33. The Labute approximate surface area is 111 Å². The maximum absolute atomic E-state index is 13.1. The summed E-state index contributed by atoms with van der Waals surface area (Å²) in [5, 5.41) is 0. The summed E-state index contributed by atoms with van der Waals surface area (Å²) in [5.41, 5.74) is -0.0381. The third kappa shape index (κ3) is 2.57. The number of sulfone groups is 1. The Balaban J connectivity index is 3.31. The average Bonchev–Trinajstić information content (AvgIpc) is 2.36. The van der Waals surface area contributed by atoms with Crippen LogP contribution in [0.4, 0.5) is 4.39 Å². The predicted molar refractivity (Wildman–Crippen MR) is 69.1 cm³/mol. The molecule has 1 unspecified atom stereocenters. The smallest absolute Gasteiger partial charge is 0.207 e. The van der Waals surface area contributed by atoms with E-state index in [1.165, 1.54) is 32.0 Å². The molecule has 0 spiro atoms. The minimum Gasteiger partial charge on any atom is -0.291 e. The molecule has 18 heavy (non-hydrogen) atoms. The van der Waals surface area contributed by atoms with Gasteiger partial charge in [0.05, 0.1) is 0 Å². The normalized spacial score (nSPS) is 15.1. The summed E-state index contributed by atoms with van der Waals surface area (Å²) >= 11 is 5.99. The van der Waals surface area contributed by atoms with Gasteiger partial charge in [0.25, 0.3) is 0 Å². The first-order valence-electron chi connectivity index (χ1n) is 5.50. The third-order valence-corrected chi connectivity index (χ3v) is 6.12. The first-order valence-corrected chi connectivity index (χ1v) is 7.53. The molecule has 0 aliphatic carbocycles. The van der Waals surface area contributed by atoms with Crippen LogP contribution in [0.1, 0.15) is 30.6 Å². The number of carbonyl (C=O) groups excluding carboxylic acids is 1. The SMILES string of the molecule is CCC(Cl)(C(=O)c1cccc(F)c1)S(=O)(=O)CC. The number of halogens is 2. The zero-order valence-corrected chi connectivity index (χ0v) is 11.7. The van der Waals surface area contributed by atoms with E-state index in [-0.39, 0.29) is 17.7 Å². The van der Waals surface area contributed by atoms with E-state index in [0.717, 1.165) is 6.07 Å². The van der Waals surface area contributed by atoms with E-state index in [0.29, 0.717) is 0 Å². The first-order chi connectivity index (χ1) is 8.28. The standard InChI is InChI=1S/C12H14ClFO3S/c1-3-12(13,18(16,17)4-2)11(15)9-6-5-7-10(14)8-9/h5-8H,3-4H2,1-2H3. The largest absolute Gasteiger partial charge is 0.291 e. The molecule has 0 N–H and O–H groups in total. The van der Waals surface area contributed by atoms with Crippen LogP contribution < -0.4 is 0 Å². The summed E-state index contributed by atoms with van der Waals surface area (Å²) in [6, 6.07) is 4.85. The fraction of sp³-hybridized carbons (Fsp3) is 0.417. The van der Waals surface area contributed by atoms with Crippen LogP contribution in [0.25, 0.3) is 0 Å². The van der Waals surface area contributed by atoms with Crippen molar-refractivity contribution >= 4 is 27.2 Å². The molecular weight excluding hydrogens is 279 g/mol. The molecule has 0 aliphatic rings. The Morgan fingerprint density at radius 2 is 2.00 bits per heavy atom. The number of Topliss-reactive ketones (excluding diaryl/α,β-unsaturated/α-hetero) is 1. The summed E-state index contributed by atoms with van der Waals surface area (Å²) in [4.78, 5) is 12.2. The maximum Gasteiger partial charge on any atom is 0.207 e. The quantitative estimate of drug-likeness (QED) is 0.619. The molecule has 0 saturated heterocycles. The lowest BCUT2D eigenvalue weighted by atomic mass is 10.1. The van der Waals surface area contributed by atoms with E-state index in [1.807, 2.05) is 0 Å². The number of hydrogen-bond acceptors (Lipinski definition) is 3. The molecule has 100 valence electrons. The summed E-state index contributed by atoms with van der Waals surface area (Å²) in [7, 11) is -3.78. The van der Waals surface area contributed by atoms with Crippen LogP contribution >= 0.6 is 11.6 Å². The van der Waals surface area contributed by atoms with Gasteiger partial charge < -0.3 is 0 Å². The topological polar surface area (TPSA) is 51.2 Å². The second-order valence-electron chi connectivity index (χ2n) is 3.82. The Morgan fingerprint density at radius 1 is 1.39 bits per heavy atom. The number of rotatable bonds is 5. The lowest BCUT2D eigenvalue weighted by Gasteiger charge is -2.23. The monoisotopic (exact) mass is 292 g/mol. The van der Waals surface area contributed by atoms with Gasteiger partial charge in [0.1, 0.15) is 5.82 Å². The lowest BCUT2D eigenvalue weighted by molar-refractivity contribution is 0.0970. The van der Waals surface area contributed by atoms with Gasteiger partial charge in [-0.2, -0.15) is 0 Å². The highest BCUT2D eigenvalue weighted by Crippen LogP contribution is 2.32. The van der Waals surface area contributed by atoms with Gasteiger partial charge in [-0.1, -0.05) is 37.6 Å². The molecule has 0 radical (unpaired) electrons. The van der Waals surface area contributed by atoms with Crippen molar-refractivity contribution in [3.05, 3.63) is 35.6 Å². The molecule has 0 aromatic heterocycles.